The lowest BCUT2D eigenvalue weighted by molar-refractivity contribution is -0.131. The third kappa shape index (κ3) is 5.70. The van der Waals surface area contributed by atoms with Gasteiger partial charge in [-0.05, 0) is 49.7 Å². The predicted octanol–water partition coefficient (Wildman–Crippen LogP) is 1.03. The number of likely N-dealkylation sites (N-methyl/N-ethyl adjacent to an activating group) is 1. The fourth-order valence-electron chi connectivity index (χ4n) is 2.57. The van der Waals surface area contributed by atoms with Gasteiger partial charge in [0.25, 0.3) is 0 Å². The summed E-state index contributed by atoms with van der Waals surface area (Å²) in [4.78, 5) is 25.5. The van der Waals surface area contributed by atoms with Crippen LogP contribution in [0.5, 0.6) is 5.75 Å². The fourth-order valence-corrected chi connectivity index (χ4v) is 2.57. The third-order valence-electron chi connectivity index (χ3n) is 3.97. The average Bonchev–Trinajstić information content (AvgIpc) is 2.60. The number of ether oxygens (including phenoxy) is 1. The van der Waals surface area contributed by atoms with Crippen molar-refractivity contribution in [3.63, 3.8) is 0 Å². The number of nitrogens with one attached hydrogen (secondary N) is 2. The van der Waals surface area contributed by atoms with Crippen molar-refractivity contribution in [3.8, 4) is 5.75 Å². The van der Waals surface area contributed by atoms with Crippen LogP contribution in [0.15, 0.2) is 30.3 Å². The Bertz CT molecular complexity index is 595. The zero-order valence-electron chi connectivity index (χ0n) is 14.2. The number of hydrogen-bond donors (Lipinski definition) is 2. The van der Waals surface area contributed by atoms with Crippen LogP contribution in [0.4, 0.5) is 0 Å². The molecule has 0 unspecified atom stereocenters. The second-order valence-electron chi connectivity index (χ2n) is 5.90. The summed E-state index contributed by atoms with van der Waals surface area (Å²) in [5, 5.41) is 6.23. The summed E-state index contributed by atoms with van der Waals surface area (Å²) in [7, 11) is 3.23. The van der Waals surface area contributed by atoms with Crippen LogP contribution in [0.1, 0.15) is 18.4 Å². The minimum Gasteiger partial charge on any atom is -0.497 e. The summed E-state index contributed by atoms with van der Waals surface area (Å²) < 4.78 is 5.15. The van der Waals surface area contributed by atoms with Gasteiger partial charge in [0.1, 0.15) is 5.75 Å². The molecule has 0 radical (unpaired) electrons. The summed E-state index contributed by atoms with van der Waals surface area (Å²) in [5.74, 6) is 0.408. The van der Waals surface area contributed by atoms with E-state index in [-0.39, 0.29) is 24.4 Å². The van der Waals surface area contributed by atoms with Crippen molar-refractivity contribution in [3.05, 3.63) is 35.9 Å². The number of piperidine rings is 1. The summed E-state index contributed by atoms with van der Waals surface area (Å²) in [5.41, 5.74) is 0.871. The first-order valence-corrected chi connectivity index (χ1v) is 8.16. The maximum atomic E-state index is 12.1. The van der Waals surface area contributed by atoms with Gasteiger partial charge in [0.05, 0.1) is 13.7 Å². The second kappa shape index (κ2) is 9.08. The molecule has 1 fully saturated rings. The van der Waals surface area contributed by atoms with E-state index in [0.717, 1.165) is 37.2 Å². The third-order valence-corrected chi connectivity index (χ3v) is 3.97. The highest BCUT2D eigenvalue weighted by atomic mass is 16.5. The number of nitrogens with zero attached hydrogens (tertiary/aromatic N) is 1. The Labute approximate surface area is 142 Å². The molecule has 1 heterocycles. The molecule has 2 amide bonds. The van der Waals surface area contributed by atoms with E-state index in [9.17, 15) is 9.59 Å². The standard InChI is InChI=1S/C18H25N3O3/c1-21(13-17(22)20-15-8-10-19-11-9-15)18(23)7-6-14-4-3-5-16(12-14)24-2/h3-7,12,15,19H,8-11,13H2,1-2H3,(H,20,22)/b7-6+. The molecule has 0 spiro atoms. The Balaban J connectivity index is 1.82. The summed E-state index contributed by atoms with van der Waals surface area (Å²) >= 11 is 0. The van der Waals surface area contributed by atoms with Crippen LogP contribution in [0, 0.1) is 0 Å². The maximum Gasteiger partial charge on any atom is 0.246 e. The van der Waals surface area contributed by atoms with Crippen molar-refractivity contribution in [2.45, 2.75) is 18.9 Å². The van der Waals surface area contributed by atoms with Crippen LogP contribution >= 0.6 is 0 Å². The van der Waals surface area contributed by atoms with Crippen molar-refractivity contribution in [1.82, 2.24) is 15.5 Å². The molecule has 0 aliphatic carbocycles. The normalized spacial score (nSPS) is 15.2. The number of amides is 2. The first kappa shape index (κ1) is 18.0. The average molecular weight is 331 g/mol. The van der Waals surface area contributed by atoms with Gasteiger partial charge in [0.2, 0.25) is 11.8 Å². The van der Waals surface area contributed by atoms with Gasteiger partial charge in [-0.15, -0.1) is 0 Å². The molecular formula is C18H25N3O3. The van der Waals surface area contributed by atoms with Gasteiger partial charge in [0.15, 0.2) is 0 Å². The van der Waals surface area contributed by atoms with Gasteiger partial charge in [0, 0.05) is 19.2 Å². The largest absolute Gasteiger partial charge is 0.497 e. The predicted molar refractivity (Wildman–Crippen MR) is 93.7 cm³/mol. The fraction of sp³-hybridized carbons (Fsp3) is 0.444. The highest BCUT2D eigenvalue weighted by Crippen LogP contribution is 2.13. The Morgan fingerprint density at radius 3 is 2.83 bits per heavy atom. The summed E-state index contributed by atoms with van der Waals surface area (Å²) in [6.45, 7) is 1.90. The van der Waals surface area contributed by atoms with Gasteiger partial charge in [-0.1, -0.05) is 12.1 Å². The molecule has 1 aliphatic heterocycles. The van der Waals surface area contributed by atoms with E-state index in [1.807, 2.05) is 24.3 Å². The molecule has 6 heteroatoms. The van der Waals surface area contributed by atoms with Crippen molar-refractivity contribution in [2.24, 2.45) is 0 Å². The lowest BCUT2D eigenvalue weighted by Gasteiger charge is -2.24. The van der Waals surface area contributed by atoms with Crippen LogP contribution in [0.2, 0.25) is 0 Å². The molecule has 1 aromatic rings. The van der Waals surface area contributed by atoms with Gasteiger partial charge in [-0.3, -0.25) is 9.59 Å². The lowest BCUT2D eigenvalue weighted by Crippen LogP contribution is -2.46. The number of rotatable bonds is 6. The van der Waals surface area contributed by atoms with E-state index in [2.05, 4.69) is 10.6 Å². The van der Waals surface area contributed by atoms with Crippen LogP contribution in [-0.4, -0.2) is 56.5 Å². The molecule has 1 aromatic carbocycles. The smallest absolute Gasteiger partial charge is 0.246 e. The van der Waals surface area contributed by atoms with Crippen molar-refractivity contribution in [1.29, 1.82) is 0 Å². The first-order valence-electron chi connectivity index (χ1n) is 8.16. The van der Waals surface area contributed by atoms with Crippen LogP contribution < -0.4 is 15.4 Å². The Morgan fingerprint density at radius 2 is 2.12 bits per heavy atom. The molecule has 2 rings (SSSR count). The van der Waals surface area contributed by atoms with Crippen LogP contribution in [0.3, 0.4) is 0 Å². The highest BCUT2D eigenvalue weighted by molar-refractivity contribution is 5.94. The molecule has 130 valence electrons. The van der Waals surface area contributed by atoms with Gasteiger partial charge in [-0.2, -0.15) is 0 Å². The Morgan fingerprint density at radius 1 is 1.38 bits per heavy atom. The van der Waals surface area contributed by atoms with E-state index in [1.54, 1.807) is 20.2 Å². The molecule has 1 aliphatic rings. The minimum atomic E-state index is -0.210. The molecule has 24 heavy (non-hydrogen) atoms. The number of carbonyl (C=O) groups excluding carboxylic acids is 2. The second-order valence-corrected chi connectivity index (χ2v) is 5.90. The van der Waals surface area contributed by atoms with Gasteiger partial charge >= 0.3 is 0 Å². The maximum absolute atomic E-state index is 12.1. The lowest BCUT2D eigenvalue weighted by atomic mass is 10.1. The van der Waals surface area contributed by atoms with Gasteiger partial charge < -0.3 is 20.3 Å². The van der Waals surface area contributed by atoms with E-state index >= 15 is 0 Å². The molecule has 1 saturated heterocycles. The van der Waals surface area contributed by atoms with E-state index in [0.29, 0.717) is 0 Å². The minimum absolute atomic E-state index is 0.0607. The Kier molecular flexibility index (Phi) is 6.81. The van der Waals surface area contributed by atoms with E-state index in [1.165, 1.54) is 11.0 Å². The monoisotopic (exact) mass is 331 g/mol. The molecule has 0 bridgehead atoms. The molecule has 2 N–H and O–H groups in total. The molecule has 6 nitrogen and oxygen atoms in total. The molecule has 0 aromatic heterocycles. The quantitative estimate of drug-likeness (QED) is 0.764. The first-order chi connectivity index (χ1) is 11.6. The van der Waals surface area contributed by atoms with Crippen molar-refractivity contribution in [2.75, 3.05) is 33.8 Å². The number of carbonyl (C=O) groups is 2. The van der Waals surface area contributed by atoms with Crippen molar-refractivity contribution >= 4 is 17.9 Å². The molecular weight excluding hydrogens is 306 g/mol. The zero-order valence-corrected chi connectivity index (χ0v) is 14.2. The molecule has 0 saturated carbocycles. The summed E-state index contributed by atoms with van der Waals surface area (Å²) in [6, 6.07) is 7.63. The number of hydrogen-bond acceptors (Lipinski definition) is 4. The zero-order chi connectivity index (χ0) is 17.4. The van der Waals surface area contributed by atoms with Crippen LogP contribution in [-0.2, 0) is 9.59 Å². The number of methoxy groups -OCH3 is 1. The van der Waals surface area contributed by atoms with Crippen LogP contribution in [0.25, 0.3) is 6.08 Å². The highest BCUT2D eigenvalue weighted by Gasteiger charge is 2.17. The SMILES string of the molecule is COc1cccc(/C=C/C(=O)N(C)CC(=O)NC2CCNCC2)c1. The Hall–Kier alpha value is -2.34. The van der Waals surface area contributed by atoms with Crippen molar-refractivity contribution < 1.29 is 14.3 Å². The number of benzene rings is 1. The van der Waals surface area contributed by atoms with E-state index < -0.39 is 0 Å². The van der Waals surface area contributed by atoms with Gasteiger partial charge in [-0.25, -0.2) is 0 Å². The summed E-state index contributed by atoms with van der Waals surface area (Å²) in [6.07, 6.45) is 5.04. The van der Waals surface area contributed by atoms with E-state index in [4.69, 9.17) is 4.74 Å². The molecule has 0 atom stereocenters. The topological polar surface area (TPSA) is 70.7 Å².